The topological polar surface area (TPSA) is 44.8 Å². The molecule has 0 aromatic rings. The Kier molecular flexibility index (Phi) is 5.22. The molecular formula is C15H26O4. The Morgan fingerprint density at radius 3 is 2.37 bits per heavy atom. The van der Waals surface area contributed by atoms with Gasteiger partial charge in [0.2, 0.25) is 0 Å². The molecule has 5 atom stereocenters. The Hall–Kier alpha value is -0.610. The first-order chi connectivity index (χ1) is 9.06. The zero-order valence-corrected chi connectivity index (χ0v) is 12.3. The van der Waals surface area contributed by atoms with Crippen LogP contribution in [0.5, 0.6) is 0 Å². The third-order valence-corrected chi connectivity index (χ3v) is 4.31. The molecule has 0 aliphatic carbocycles. The van der Waals surface area contributed by atoms with Gasteiger partial charge in [-0.3, -0.25) is 4.79 Å². The molecule has 0 spiro atoms. The summed E-state index contributed by atoms with van der Waals surface area (Å²) >= 11 is 0. The smallest absolute Gasteiger partial charge is 0.309 e. The second-order valence-corrected chi connectivity index (χ2v) is 6.01. The lowest BCUT2D eigenvalue weighted by molar-refractivity contribution is -0.163. The fourth-order valence-electron chi connectivity index (χ4n) is 3.05. The Balaban J connectivity index is 1.80. The molecule has 0 radical (unpaired) electrons. The highest BCUT2D eigenvalue weighted by Gasteiger charge is 2.31. The van der Waals surface area contributed by atoms with Gasteiger partial charge in [-0.2, -0.15) is 0 Å². The number of hydrogen-bond donors (Lipinski definition) is 0. The summed E-state index contributed by atoms with van der Waals surface area (Å²) in [6.45, 7) is 7.57. The van der Waals surface area contributed by atoms with E-state index in [-0.39, 0.29) is 30.2 Å². The summed E-state index contributed by atoms with van der Waals surface area (Å²) < 4.78 is 16.7. The SMILES string of the molecule is CC1CC(C(=O)OC(C)C2CCOC(C)C2)CCO1. The van der Waals surface area contributed by atoms with Crippen LogP contribution in [0.4, 0.5) is 0 Å². The molecule has 2 saturated heterocycles. The maximum atomic E-state index is 12.2. The van der Waals surface area contributed by atoms with Gasteiger partial charge in [0, 0.05) is 19.1 Å². The number of rotatable bonds is 3. The second kappa shape index (κ2) is 6.71. The first kappa shape index (κ1) is 14.8. The van der Waals surface area contributed by atoms with Gasteiger partial charge in [0.25, 0.3) is 0 Å². The molecule has 19 heavy (non-hydrogen) atoms. The van der Waals surface area contributed by atoms with Gasteiger partial charge in [-0.05, 0) is 46.5 Å². The molecule has 2 aliphatic heterocycles. The van der Waals surface area contributed by atoms with E-state index in [1.165, 1.54) is 0 Å². The third kappa shape index (κ3) is 4.18. The van der Waals surface area contributed by atoms with E-state index in [9.17, 15) is 4.79 Å². The minimum absolute atomic E-state index is 0.00278. The average Bonchev–Trinajstić information content (AvgIpc) is 2.38. The van der Waals surface area contributed by atoms with E-state index in [0.717, 1.165) is 32.3 Å². The van der Waals surface area contributed by atoms with Gasteiger partial charge in [0.05, 0.1) is 18.1 Å². The zero-order valence-electron chi connectivity index (χ0n) is 12.3. The lowest BCUT2D eigenvalue weighted by Gasteiger charge is -2.33. The standard InChI is InChI=1S/C15H26O4/c1-10-8-13(4-6-17-10)12(3)19-15(16)14-5-7-18-11(2)9-14/h10-14H,4-9H2,1-3H3. The Morgan fingerprint density at radius 1 is 1.11 bits per heavy atom. The van der Waals surface area contributed by atoms with Gasteiger partial charge < -0.3 is 14.2 Å². The van der Waals surface area contributed by atoms with Gasteiger partial charge in [-0.15, -0.1) is 0 Å². The molecule has 2 rings (SSSR count). The summed E-state index contributed by atoms with van der Waals surface area (Å²) in [5.74, 6) is 0.412. The number of esters is 1. The van der Waals surface area contributed by atoms with Crippen LogP contribution < -0.4 is 0 Å². The maximum absolute atomic E-state index is 12.2. The zero-order chi connectivity index (χ0) is 13.8. The van der Waals surface area contributed by atoms with Crippen LogP contribution in [0.25, 0.3) is 0 Å². The fraction of sp³-hybridized carbons (Fsp3) is 0.933. The highest BCUT2D eigenvalue weighted by molar-refractivity contribution is 5.72. The number of ether oxygens (including phenoxy) is 3. The van der Waals surface area contributed by atoms with Crippen molar-refractivity contribution in [1.29, 1.82) is 0 Å². The molecule has 4 nitrogen and oxygen atoms in total. The molecule has 0 aromatic carbocycles. The van der Waals surface area contributed by atoms with Crippen LogP contribution in [0.2, 0.25) is 0 Å². The summed E-state index contributed by atoms with van der Waals surface area (Å²) in [6.07, 6.45) is 4.00. The van der Waals surface area contributed by atoms with Crippen molar-refractivity contribution in [2.75, 3.05) is 13.2 Å². The Bertz CT molecular complexity index is 305. The van der Waals surface area contributed by atoms with E-state index in [1.54, 1.807) is 0 Å². The van der Waals surface area contributed by atoms with Crippen LogP contribution in [-0.2, 0) is 19.0 Å². The van der Waals surface area contributed by atoms with Crippen molar-refractivity contribution in [2.45, 2.75) is 64.8 Å². The van der Waals surface area contributed by atoms with Crippen LogP contribution in [0.1, 0.15) is 46.5 Å². The van der Waals surface area contributed by atoms with E-state index in [2.05, 4.69) is 6.92 Å². The minimum atomic E-state index is -0.0400. The molecule has 2 fully saturated rings. The monoisotopic (exact) mass is 270 g/mol. The molecule has 0 aromatic heterocycles. The molecule has 0 N–H and O–H groups in total. The summed E-state index contributed by atoms with van der Waals surface area (Å²) in [6, 6.07) is 0. The van der Waals surface area contributed by atoms with Crippen LogP contribution in [-0.4, -0.2) is 37.5 Å². The molecule has 0 bridgehead atoms. The van der Waals surface area contributed by atoms with Gasteiger partial charge in [-0.25, -0.2) is 0 Å². The molecule has 110 valence electrons. The van der Waals surface area contributed by atoms with E-state index in [0.29, 0.717) is 12.5 Å². The highest BCUT2D eigenvalue weighted by Crippen LogP contribution is 2.27. The van der Waals surface area contributed by atoms with E-state index in [4.69, 9.17) is 14.2 Å². The van der Waals surface area contributed by atoms with Crippen molar-refractivity contribution in [3.8, 4) is 0 Å². The lowest BCUT2D eigenvalue weighted by Crippen LogP contribution is -2.36. The van der Waals surface area contributed by atoms with Crippen LogP contribution in [0.15, 0.2) is 0 Å². The quantitative estimate of drug-likeness (QED) is 0.739. The molecule has 0 saturated carbocycles. The highest BCUT2D eigenvalue weighted by atomic mass is 16.5. The summed E-state index contributed by atoms with van der Waals surface area (Å²) in [4.78, 5) is 12.2. The maximum Gasteiger partial charge on any atom is 0.309 e. The van der Waals surface area contributed by atoms with Gasteiger partial charge in [0.15, 0.2) is 0 Å². The fourth-order valence-corrected chi connectivity index (χ4v) is 3.05. The van der Waals surface area contributed by atoms with Crippen molar-refractivity contribution in [3.63, 3.8) is 0 Å². The molecule has 4 heteroatoms. The largest absolute Gasteiger partial charge is 0.462 e. The molecule has 0 amide bonds. The predicted molar refractivity (Wildman–Crippen MR) is 71.8 cm³/mol. The van der Waals surface area contributed by atoms with E-state index in [1.807, 2.05) is 13.8 Å². The average molecular weight is 270 g/mol. The van der Waals surface area contributed by atoms with E-state index < -0.39 is 0 Å². The van der Waals surface area contributed by atoms with Crippen molar-refractivity contribution >= 4 is 5.97 Å². The number of hydrogen-bond acceptors (Lipinski definition) is 4. The summed E-state index contributed by atoms with van der Waals surface area (Å²) in [5.41, 5.74) is 0. The van der Waals surface area contributed by atoms with E-state index >= 15 is 0 Å². The van der Waals surface area contributed by atoms with Crippen molar-refractivity contribution < 1.29 is 19.0 Å². The summed E-state index contributed by atoms with van der Waals surface area (Å²) in [7, 11) is 0. The molecule has 2 heterocycles. The number of carbonyl (C=O) groups is 1. The Morgan fingerprint density at radius 2 is 1.74 bits per heavy atom. The number of carbonyl (C=O) groups excluding carboxylic acids is 1. The second-order valence-electron chi connectivity index (χ2n) is 6.01. The molecular weight excluding hydrogens is 244 g/mol. The van der Waals surface area contributed by atoms with Gasteiger partial charge >= 0.3 is 5.97 Å². The van der Waals surface area contributed by atoms with Crippen molar-refractivity contribution in [1.82, 2.24) is 0 Å². The Labute approximate surface area is 115 Å². The summed E-state index contributed by atoms with van der Waals surface area (Å²) in [5, 5.41) is 0. The first-order valence-corrected chi connectivity index (χ1v) is 7.50. The minimum Gasteiger partial charge on any atom is -0.462 e. The lowest BCUT2D eigenvalue weighted by atomic mass is 9.91. The van der Waals surface area contributed by atoms with Crippen LogP contribution in [0.3, 0.4) is 0 Å². The molecule has 5 unspecified atom stereocenters. The normalized spacial score (nSPS) is 37.6. The van der Waals surface area contributed by atoms with Gasteiger partial charge in [-0.1, -0.05) is 0 Å². The van der Waals surface area contributed by atoms with Crippen molar-refractivity contribution in [3.05, 3.63) is 0 Å². The van der Waals surface area contributed by atoms with Crippen LogP contribution in [0, 0.1) is 11.8 Å². The van der Waals surface area contributed by atoms with Crippen molar-refractivity contribution in [2.24, 2.45) is 11.8 Å². The molecule has 2 aliphatic rings. The third-order valence-electron chi connectivity index (χ3n) is 4.31. The van der Waals surface area contributed by atoms with Gasteiger partial charge in [0.1, 0.15) is 6.10 Å². The van der Waals surface area contributed by atoms with Crippen LogP contribution >= 0.6 is 0 Å². The predicted octanol–water partition coefficient (Wildman–Crippen LogP) is 2.55. The first-order valence-electron chi connectivity index (χ1n) is 7.50.